The molecule has 0 spiro atoms. The van der Waals surface area contributed by atoms with Crippen molar-refractivity contribution in [2.45, 2.75) is 6.92 Å². The Morgan fingerprint density at radius 1 is 1.06 bits per heavy atom. The molecule has 88 valence electrons. The quantitative estimate of drug-likeness (QED) is 0.715. The third kappa shape index (κ3) is 2.31. The molecule has 2 heteroatoms. The van der Waals surface area contributed by atoms with Crippen LogP contribution in [0.25, 0.3) is 11.3 Å². The van der Waals surface area contributed by atoms with E-state index < -0.39 is 0 Å². The lowest BCUT2D eigenvalue weighted by Gasteiger charge is -2.14. The maximum Gasteiger partial charge on any atom is 0.212 e. The highest BCUT2D eigenvalue weighted by Crippen LogP contribution is 2.25. The Morgan fingerprint density at radius 3 is 2.47 bits per heavy atom. The van der Waals surface area contributed by atoms with E-state index in [9.17, 15) is 0 Å². The van der Waals surface area contributed by atoms with Crippen LogP contribution >= 0.6 is 0 Å². The molecule has 2 nitrogen and oxygen atoms in total. The SMILES string of the molecule is Cc1ccc(N(C)C)cc1-c1cccc[n+]1C. The Balaban J connectivity index is 2.59. The standard InChI is InChI=1S/C15H19N2/c1-12-8-9-13(16(2)3)11-14(12)15-7-5-6-10-17(15)4/h5-11H,1-4H3/q+1. The van der Waals surface area contributed by atoms with Gasteiger partial charge in [0.15, 0.2) is 6.20 Å². The van der Waals surface area contributed by atoms with Crippen LogP contribution in [-0.2, 0) is 7.05 Å². The van der Waals surface area contributed by atoms with Crippen LogP contribution in [0, 0.1) is 6.92 Å². The molecule has 0 fully saturated rings. The van der Waals surface area contributed by atoms with Crippen molar-refractivity contribution in [1.82, 2.24) is 0 Å². The first-order valence-electron chi connectivity index (χ1n) is 5.82. The van der Waals surface area contributed by atoms with Crippen LogP contribution in [0.4, 0.5) is 5.69 Å². The van der Waals surface area contributed by atoms with Gasteiger partial charge in [-0.3, -0.25) is 0 Å². The molecule has 17 heavy (non-hydrogen) atoms. The minimum atomic E-state index is 1.23. The highest BCUT2D eigenvalue weighted by molar-refractivity contribution is 5.67. The summed E-state index contributed by atoms with van der Waals surface area (Å²) >= 11 is 0. The fourth-order valence-electron chi connectivity index (χ4n) is 1.97. The molecule has 0 atom stereocenters. The van der Waals surface area contributed by atoms with E-state index in [0.717, 1.165) is 0 Å². The van der Waals surface area contributed by atoms with E-state index in [1.165, 1.54) is 22.5 Å². The van der Waals surface area contributed by atoms with Crippen LogP contribution in [-0.4, -0.2) is 14.1 Å². The largest absolute Gasteiger partial charge is 0.378 e. The van der Waals surface area contributed by atoms with Gasteiger partial charge in [-0.15, -0.1) is 0 Å². The molecule has 0 aliphatic heterocycles. The molecular weight excluding hydrogens is 208 g/mol. The van der Waals surface area contributed by atoms with Gasteiger partial charge in [-0.25, -0.2) is 4.57 Å². The van der Waals surface area contributed by atoms with Gasteiger partial charge < -0.3 is 4.90 Å². The maximum atomic E-state index is 2.24. The summed E-state index contributed by atoms with van der Waals surface area (Å²) in [6, 6.07) is 12.9. The minimum absolute atomic E-state index is 1.23. The van der Waals surface area contributed by atoms with Gasteiger partial charge >= 0.3 is 0 Å². The Bertz CT molecular complexity index is 530. The van der Waals surface area contributed by atoms with Crippen molar-refractivity contribution in [3.05, 3.63) is 48.2 Å². The number of aryl methyl sites for hydroxylation is 2. The molecule has 0 saturated carbocycles. The summed E-state index contributed by atoms with van der Waals surface area (Å²) in [5, 5.41) is 0. The Morgan fingerprint density at radius 2 is 1.82 bits per heavy atom. The molecule has 0 bridgehead atoms. The topological polar surface area (TPSA) is 7.12 Å². The van der Waals surface area contributed by atoms with Crippen molar-refractivity contribution in [2.24, 2.45) is 7.05 Å². The first kappa shape index (κ1) is 11.6. The number of aromatic nitrogens is 1. The fourth-order valence-corrected chi connectivity index (χ4v) is 1.97. The smallest absolute Gasteiger partial charge is 0.212 e. The van der Waals surface area contributed by atoms with Gasteiger partial charge in [0.05, 0.1) is 5.56 Å². The van der Waals surface area contributed by atoms with Crippen molar-refractivity contribution in [3.63, 3.8) is 0 Å². The zero-order chi connectivity index (χ0) is 12.4. The average Bonchev–Trinajstić information content (AvgIpc) is 2.30. The second-order valence-electron chi connectivity index (χ2n) is 4.59. The summed E-state index contributed by atoms with van der Waals surface area (Å²) in [4.78, 5) is 2.13. The lowest BCUT2D eigenvalue weighted by Crippen LogP contribution is -2.30. The first-order valence-corrected chi connectivity index (χ1v) is 5.82. The molecule has 0 unspecified atom stereocenters. The highest BCUT2D eigenvalue weighted by Gasteiger charge is 2.12. The molecule has 1 heterocycles. The number of hydrogen-bond acceptors (Lipinski definition) is 1. The zero-order valence-electron chi connectivity index (χ0n) is 10.9. The Kier molecular flexibility index (Phi) is 3.14. The summed E-state index contributed by atoms with van der Waals surface area (Å²) in [6.45, 7) is 2.15. The lowest BCUT2D eigenvalue weighted by atomic mass is 10.0. The van der Waals surface area contributed by atoms with E-state index in [1.54, 1.807) is 0 Å². The summed E-state index contributed by atoms with van der Waals surface area (Å²) < 4.78 is 2.15. The predicted octanol–water partition coefficient (Wildman–Crippen LogP) is 2.55. The molecule has 0 aliphatic rings. The Hall–Kier alpha value is -1.83. The number of pyridine rings is 1. The number of anilines is 1. The van der Waals surface area contributed by atoms with Crippen LogP contribution < -0.4 is 9.47 Å². The molecule has 0 saturated heterocycles. The van der Waals surface area contributed by atoms with Gasteiger partial charge in [-0.05, 0) is 30.7 Å². The predicted molar refractivity (Wildman–Crippen MR) is 72.1 cm³/mol. The summed E-state index contributed by atoms with van der Waals surface area (Å²) in [6.07, 6.45) is 2.08. The minimum Gasteiger partial charge on any atom is -0.378 e. The number of nitrogens with zero attached hydrogens (tertiary/aromatic N) is 2. The third-order valence-electron chi connectivity index (χ3n) is 3.07. The van der Waals surface area contributed by atoms with E-state index in [4.69, 9.17) is 0 Å². The van der Waals surface area contributed by atoms with E-state index in [1.807, 2.05) is 0 Å². The van der Waals surface area contributed by atoms with Crippen LogP contribution in [0.3, 0.4) is 0 Å². The number of hydrogen-bond donors (Lipinski definition) is 0. The van der Waals surface area contributed by atoms with Crippen molar-refractivity contribution in [3.8, 4) is 11.3 Å². The van der Waals surface area contributed by atoms with Gasteiger partial charge in [-0.2, -0.15) is 0 Å². The van der Waals surface area contributed by atoms with Gasteiger partial charge in [0.1, 0.15) is 7.05 Å². The van der Waals surface area contributed by atoms with Gasteiger partial charge in [0.2, 0.25) is 5.69 Å². The number of benzene rings is 1. The zero-order valence-corrected chi connectivity index (χ0v) is 10.9. The van der Waals surface area contributed by atoms with Gasteiger partial charge in [-0.1, -0.05) is 6.07 Å². The second kappa shape index (κ2) is 4.58. The van der Waals surface area contributed by atoms with Crippen LogP contribution in [0.5, 0.6) is 0 Å². The fraction of sp³-hybridized carbons (Fsp3) is 0.267. The van der Waals surface area contributed by atoms with Crippen molar-refractivity contribution in [1.29, 1.82) is 0 Å². The summed E-state index contributed by atoms with van der Waals surface area (Å²) in [5.74, 6) is 0. The van der Waals surface area contributed by atoms with Gasteiger partial charge in [0, 0.05) is 31.9 Å². The van der Waals surface area contributed by atoms with E-state index in [-0.39, 0.29) is 0 Å². The molecule has 0 radical (unpaired) electrons. The average molecular weight is 227 g/mol. The van der Waals surface area contributed by atoms with E-state index >= 15 is 0 Å². The summed E-state index contributed by atoms with van der Waals surface area (Å²) in [5.41, 5.74) is 5.07. The van der Waals surface area contributed by atoms with Crippen molar-refractivity contribution >= 4 is 5.69 Å². The highest BCUT2D eigenvalue weighted by atomic mass is 15.1. The molecular formula is C15H19N2+. The maximum absolute atomic E-state index is 2.24. The van der Waals surface area contributed by atoms with Crippen molar-refractivity contribution < 1.29 is 4.57 Å². The Labute approximate surface area is 103 Å². The normalized spacial score (nSPS) is 10.4. The second-order valence-corrected chi connectivity index (χ2v) is 4.59. The van der Waals surface area contributed by atoms with Crippen molar-refractivity contribution in [2.75, 3.05) is 19.0 Å². The van der Waals surface area contributed by atoms with Crippen LogP contribution in [0.15, 0.2) is 42.6 Å². The molecule has 0 aliphatic carbocycles. The van der Waals surface area contributed by atoms with Crippen LogP contribution in [0.2, 0.25) is 0 Å². The third-order valence-corrected chi connectivity index (χ3v) is 3.07. The first-order chi connectivity index (χ1) is 8.09. The number of rotatable bonds is 2. The molecule has 1 aromatic carbocycles. The van der Waals surface area contributed by atoms with E-state index in [2.05, 4.69) is 80.1 Å². The van der Waals surface area contributed by atoms with Gasteiger partial charge in [0.25, 0.3) is 0 Å². The van der Waals surface area contributed by atoms with E-state index in [0.29, 0.717) is 0 Å². The molecule has 2 rings (SSSR count). The molecule has 2 aromatic rings. The molecule has 1 aromatic heterocycles. The lowest BCUT2D eigenvalue weighted by molar-refractivity contribution is -0.660. The summed E-state index contributed by atoms with van der Waals surface area (Å²) in [7, 11) is 6.22. The molecule has 0 N–H and O–H groups in total. The van der Waals surface area contributed by atoms with Crippen LogP contribution in [0.1, 0.15) is 5.56 Å². The molecule has 0 amide bonds. The monoisotopic (exact) mass is 227 g/mol.